The van der Waals surface area contributed by atoms with Crippen LogP contribution in [0, 0.1) is 0 Å². The second-order valence-electron chi connectivity index (χ2n) is 6.34. The first kappa shape index (κ1) is 8.18. The van der Waals surface area contributed by atoms with Crippen LogP contribution in [-0.2, 0) is 9.31 Å². The maximum atomic E-state index is 10.2. The highest BCUT2D eigenvalue weighted by Crippen LogP contribution is 2.36. The molecular weight excluding hydrogens is 277 g/mol. The molecule has 22 heavy (non-hydrogen) atoms. The monoisotopic (exact) mass is 312 g/mol. The lowest BCUT2D eigenvalue weighted by atomic mass is 9.79. The molecule has 0 unspecified atom stereocenters. The minimum absolute atomic E-state index is 0.168. The first-order valence-electron chi connectivity index (χ1n) is 11.6. The Morgan fingerprint density at radius 1 is 1.14 bits per heavy atom. The van der Waals surface area contributed by atoms with Gasteiger partial charge in [0, 0.05) is 29.6 Å². The van der Waals surface area contributed by atoms with Crippen molar-refractivity contribution < 1.29 is 26.8 Å². The third-order valence-corrected chi connectivity index (χ3v) is 4.25. The van der Waals surface area contributed by atoms with Gasteiger partial charge in [-0.2, -0.15) is 0 Å². The highest BCUT2D eigenvalue weighted by molar-refractivity contribution is 6.62. The molecular formula is C17H26BNO3. The summed E-state index contributed by atoms with van der Waals surface area (Å²) in [5.74, 6) is 0. The molecule has 0 aliphatic carbocycles. The first-order chi connectivity index (χ1) is 13.7. The number of aliphatic hydroxyl groups is 1. The van der Waals surface area contributed by atoms with Crippen LogP contribution in [0.2, 0.25) is 0 Å². The number of benzene rings is 1. The molecule has 1 aromatic rings. The maximum absolute atomic E-state index is 10.2. The molecule has 0 amide bonds. The largest absolute Gasteiger partial charge is 0.494 e. The minimum Gasteiger partial charge on any atom is -0.399 e. The van der Waals surface area contributed by atoms with Crippen LogP contribution in [0.4, 0.5) is 5.69 Å². The van der Waals surface area contributed by atoms with Crippen molar-refractivity contribution in [2.75, 3.05) is 17.9 Å². The summed E-state index contributed by atoms with van der Waals surface area (Å²) in [6, 6.07) is 5.60. The second-order valence-corrected chi connectivity index (χ2v) is 6.34. The zero-order chi connectivity index (χ0) is 24.1. The Hall–Kier alpha value is -1.04. The van der Waals surface area contributed by atoms with Gasteiger partial charge >= 0.3 is 7.12 Å². The van der Waals surface area contributed by atoms with Crippen molar-refractivity contribution >= 4 is 18.3 Å². The number of hydrogen-bond acceptors (Lipinski definition) is 4. The van der Waals surface area contributed by atoms with Crippen molar-refractivity contribution in [1.29, 1.82) is 0 Å². The van der Waals surface area contributed by atoms with Crippen LogP contribution >= 0.6 is 0 Å². The van der Waals surface area contributed by atoms with Crippen LogP contribution in [0.25, 0.3) is 0 Å². The molecule has 0 radical (unpaired) electrons. The van der Waals surface area contributed by atoms with Gasteiger partial charge in [0.15, 0.2) is 0 Å². The predicted octanol–water partition coefficient (Wildman–Crippen LogP) is 1.95. The van der Waals surface area contributed by atoms with E-state index in [4.69, 9.17) is 21.6 Å². The normalized spacial score (nSPS) is 41.4. The molecule has 0 atom stereocenters. The van der Waals surface area contributed by atoms with Crippen molar-refractivity contribution in [2.24, 2.45) is 0 Å². The van der Waals surface area contributed by atoms with Crippen LogP contribution in [0.5, 0.6) is 0 Å². The van der Waals surface area contributed by atoms with E-state index >= 15 is 0 Å². The van der Waals surface area contributed by atoms with E-state index in [0.717, 1.165) is 0 Å². The quantitative estimate of drug-likeness (QED) is 0.848. The molecule has 2 aliphatic heterocycles. The van der Waals surface area contributed by atoms with Gasteiger partial charge in [-0.15, -0.1) is 0 Å². The van der Waals surface area contributed by atoms with E-state index in [-0.39, 0.29) is 5.69 Å². The predicted molar refractivity (Wildman–Crippen MR) is 89.6 cm³/mol. The summed E-state index contributed by atoms with van der Waals surface area (Å²) in [7, 11) is -0.731. The van der Waals surface area contributed by atoms with Gasteiger partial charge in [-0.25, -0.2) is 0 Å². The summed E-state index contributed by atoms with van der Waals surface area (Å²) in [5.41, 5.74) is -0.798. The second kappa shape index (κ2) is 5.55. The van der Waals surface area contributed by atoms with Crippen molar-refractivity contribution in [3.8, 4) is 0 Å². The fourth-order valence-corrected chi connectivity index (χ4v) is 2.17. The minimum atomic E-state index is -3.69. The van der Waals surface area contributed by atoms with Gasteiger partial charge in [0.1, 0.15) is 0 Å². The van der Waals surface area contributed by atoms with Gasteiger partial charge in [0.25, 0.3) is 0 Å². The summed E-state index contributed by atoms with van der Waals surface area (Å²) >= 11 is 0. The average molecular weight is 312 g/mol. The zero-order valence-corrected chi connectivity index (χ0v) is 13.1. The number of nitrogens with zero attached hydrogens (tertiary/aromatic N) is 1. The maximum Gasteiger partial charge on any atom is 0.494 e. The Labute approximate surface area is 146 Å². The lowest BCUT2D eigenvalue weighted by Gasteiger charge is -2.32. The van der Waals surface area contributed by atoms with Crippen LogP contribution in [-0.4, -0.2) is 42.5 Å². The van der Waals surface area contributed by atoms with Gasteiger partial charge in [-0.3, -0.25) is 0 Å². The Morgan fingerprint density at radius 3 is 2.14 bits per heavy atom. The zero-order valence-electron chi connectivity index (χ0n) is 22.1. The number of hydrogen-bond donors (Lipinski definition) is 1. The molecule has 2 heterocycles. The summed E-state index contributed by atoms with van der Waals surface area (Å²) in [6.07, 6.45) is -10.6. The van der Waals surface area contributed by atoms with Gasteiger partial charge in [-0.1, -0.05) is 12.1 Å². The summed E-state index contributed by atoms with van der Waals surface area (Å²) in [5, 5.41) is 10.2. The Morgan fingerprint density at radius 2 is 1.64 bits per heavy atom. The third-order valence-electron chi connectivity index (χ3n) is 4.25. The van der Waals surface area contributed by atoms with Crippen molar-refractivity contribution in [2.45, 2.75) is 57.7 Å². The van der Waals surface area contributed by atoms with Gasteiger partial charge in [0.05, 0.1) is 18.7 Å². The van der Waals surface area contributed by atoms with E-state index in [1.54, 1.807) is 0 Å². The van der Waals surface area contributed by atoms with E-state index in [1.165, 1.54) is 24.3 Å². The van der Waals surface area contributed by atoms with Crippen LogP contribution in [0.3, 0.4) is 0 Å². The van der Waals surface area contributed by atoms with Crippen LogP contribution < -0.4 is 10.4 Å². The number of piperidine rings is 1. The summed E-state index contributed by atoms with van der Waals surface area (Å²) in [6.45, 7) is 0.998. The summed E-state index contributed by atoms with van der Waals surface area (Å²) < 4.78 is 84.5. The molecule has 1 N–H and O–H groups in total. The number of rotatable bonds is 2. The third kappa shape index (κ3) is 2.90. The Kier molecular flexibility index (Phi) is 2.06. The van der Waals surface area contributed by atoms with E-state index in [2.05, 4.69) is 0 Å². The van der Waals surface area contributed by atoms with E-state index in [0.29, 0.717) is 10.4 Å². The van der Waals surface area contributed by atoms with E-state index < -0.39 is 50.1 Å². The topological polar surface area (TPSA) is 41.9 Å². The van der Waals surface area contributed by atoms with Gasteiger partial charge in [0.2, 0.25) is 0 Å². The molecule has 5 heteroatoms. The van der Waals surface area contributed by atoms with E-state index in [9.17, 15) is 5.11 Å². The molecule has 2 saturated heterocycles. The van der Waals surface area contributed by atoms with Crippen molar-refractivity contribution in [1.82, 2.24) is 0 Å². The molecule has 2 aliphatic rings. The molecule has 0 aromatic heterocycles. The van der Waals surface area contributed by atoms with Crippen LogP contribution in [0.1, 0.15) is 52.8 Å². The highest BCUT2D eigenvalue weighted by Gasteiger charge is 2.51. The fourth-order valence-electron chi connectivity index (χ4n) is 2.17. The van der Waals surface area contributed by atoms with Crippen molar-refractivity contribution in [3.05, 3.63) is 24.3 Å². The van der Waals surface area contributed by atoms with E-state index in [1.807, 2.05) is 27.7 Å². The molecule has 1 aromatic carbocycles. The van der Waals surface area contributed by atoms with Crippen LogP contribution in [0.15, 0.2) is 24.3 Å². The molecule has 120 valence electrons. The van der Waals surface area contributed by atoms with Crippen molar-refractivity contribution in [3.63, 3.8) is 0 Å². The number of anilines is 1. The Balaban J connectivity index is 2.04. The Bertz CT molecular complexity index is 828. The molecule has 0 saturated carbocycles. The molecule has 0 spiro atoms. The lowest BCUT2D eigenvalue weighted by molar-refractivity contribution is 0.00578. The first-order valence-corrected chi connectivity index (χ1v) is 7.13. The molecule has 2 fully saturated rings. The average Bonchev–Trinajstić information content (AvgIpc) is 2.81. The summed E-state index contributed by atoms with van der Waals surface area (Å²) in [4.78, 5) is 0.303. The molecule has 3 rings (SSSR count). The van der Waals surface area contributed by atoms with Gasteiger partial charge < -0.3 is 19.3 Å². The molecule has 4 nitrogen and oxygen atoms in total. The SMILES string of the molecule is [2H]C1([2H])N(c2ccc(B3OC(C)(C)C(C)(C)O3)cc2)C([2H])([2H])C([2H])([2H])C([2H])(O)C1([2H])[2H]. The van der Waals surface area contributed by atoms with Gasteiger partial charge in [-0.05, 0) is 58.0 Å². The molecule has 0 bridgehead atoms. The smallest absolute Gasteiger partial charge is 0.399 e. The lowest BCUT2D eigenvalue weighted by Crippen LogP contribution is -2.41. The fraction of sp³-hybridized carbons (Fsp3) is 0.647. The standard InChI is InChI=1S/C17H26BNO3/c1-16(2)17(3,4)22-18(21-16)13-5-7-14(8-6-13)19-11-9-15(20)10-12-19/h5-8,15,20H,9-12H2,1-4H3/i9D2,10D2,11D2,12D2,15D. The highest BCUT2D eigenvalue weighted by atomic mass is 16.7.